The largest absolute Gasteiger partial charge is 0.361 e. The number of hydrogen-bond donors (Lipinski definition) is 2. The van der Waals surface area contributed by atoms with Gasteiger partial charge in [-0.2, -0.15) is 0 Å². The lowest BCUT2D eigenvalue weighted by Gasteiger charge is -2.25. The monoisotopic (exact) mass is 355 g/mol. The van der Waals surface area contributed by atoms with Gasteiger partial charge in [0.15, 0.2) is 5.96 Å². The predicted octanol–water partition coefficient (Wildman–Crippen LogP) is 2.37. The third-order valence-electron chi connectivity index (χ3n) is 5.44. The topological polar surface area (TPSA) is 46.7 Å². The van der Waals surface area contributed by atoms with Gasteiger partial charge >= 0.3 is 0 Å². The molecule has 1 saturated heterocycles. The number of aromatic nitrogens is 1. The van der Waals surface area contributed by atoms with Crippen LogP contribution in [0.5, 0.6) is 0 Å². The van der Waals surface area contributed by atoms with E-state index in [4.69, 9.17) is 0 Å². The maximum atomic E-state index is 13.5. The molecule has 1 unspecified atom stereocenters. The Morgan fingerprint density at radius 1 is 1.35 bits per heavy atom. The molecule has 2 aliphatic heterocycles. The molecule has 2 N–H and O–H groups in total. The van der Waals surface area contributed by atoms with Crippen molar-refractivity contribution in [2.75, 3.05) is 39.8 Å². The number of rotatable bonds is 4. The van der Waals surface area contributed by atoms with Crippen molar-refractivity contribution in [3.05, 3.63) is 47.9 Å². The molecule has 5 nitrogen and oxygen atoms in total. The summed E-state index contributed by atoms with van der Waals surface area (Å²) in [6.07, 6.45) is 8.49. The van der Waals surface area contributed by atoms with Gasteiger partial charge in [0.1, 0.15) is 5.82 Å². The van der Waals surface area contributed by atoms with Crippen LogP contribution in [0.15, 0.2) is 41.5 Å². The Balaban J connectivity index is 1.32. The van der Waals surface area contributed by atoms with Crippen LogP contribution in [0.2, 0.25) is 0 Å². The van der Waals surface area contributed by atoms with Crippen LogP contribution < -0.4 is 5.32 Å². The zero-order valence-corrected chi connectivity index (χ0v) is 15.2. The Hall–Kier alpha value is -2.34. The lowest BCUT2D eigenvalue weighted by atomic mass is 10.1. The second kappa shape index (κ2) is 7.50. The van der Waals surface area contributed by atoms with Gasteiger partial charge in [-0.15, -0.1) is 0 Å². The molecule has 4 rings (SSSR count). The molecular formula is C20H26FN5. The maximum absolute atomic E-state index is 13.5. The van der Waals surface area contributed by atoms with E-state index in [9.17, 15) is 4.39 Å². The smallest absolute Gasteiger partial charge is 0.193 e. The normalized spacial score (nSPS) is 21.2. The number of H-pyrrole nitrogens is 1. The third kappa shape index (κ3) is 3.46. The summed E-state index contributed by atoms with van der Waals surface area (Å²) < 4.78 is 13.5. The molecule has 3 heterocycles. The summed E-state index contributed by atoms with van der Waals surface area (Å²) in [7, 11) is 1.84. The standard InChI is InChI=1S/C20H26FN5/c1-22-20(26-11-7-17(14-26)25-9-2-3-10-25)23-8-6-15-13-24-19-5-4-16(21)12-18(15)19/h2-5,12-13,17,24H,6-11,14H2,1H3,(H,22,23). The Labute approximate surface area is 153 Å². The molecule has 0 spiro atoms. The first-order valence-electron chi connectivity index (χ1n) is 9.35. The number of benzene rings is 1. The van der Waals surface area contributed by atoms with Gasteiger partial charge in [0, 0.05) is 62.9 Å². The molecule has 2 aromatic rings. The molecule has 1 aromatic heterocycles. The zero-order chi connectivity index (χ0) is 17.9. The van der Waals surface area contributed by atoms with Crippen molar-refractivity contribution in [3.63, 3.8) is 0 Å². The predicted molar refractivity (Wildman–Crippen MR) is 104 cm³/mol. The molecule has 138 valence electrons. The molecule has 2 aliphatic rings. The number of hydrogen-bond acceptors (Lipinski definition) is 2. The molecule has 1 aromatic carbocycles. The van der Waals surface area contributed by atoms with Crippen LogP contribution >= 0.6 is 0 Å². The lowest BCUT2D eigenvalue weighted by Crippen LogP contribution is -2.43. The molecule has 0 aliphatic carbocycles. The van der Waals surface area contributed by atoms with E-state index in [1.807, 2.05) is 13.2 Å². The van der Waals surface area contributed by atoms with Gasteiger partial charge < -0.3 is 15.2 Å². The minimum atomic E-state index is -0.193. The van der Waals surface area contributed by atoms with E-state index in [0.717, 1.165) is 61.6 Å². The van der Waals surface area contributed by atoms with E-state index in [1.54, 1.807) is 12.1 Å². The van der Waals surface area contributed by atoms with E-state index in [0.29, 0.717) is 6.04 Å². The van der Waals surface area contributed by atoms with E-state index in [1.165, 1.54) is 12.5 Å². The van der Waals surface area contributed by atoms with Crippen molar-refractivity contribution < 1.29 is 4.39 Å². The van der Waals surface area contributed by atoms with Gasteiger partial charge in [-0.05, 0) is 36.6 Å². The number of aromatic amines is 1. The van der Waals surface area contributed by atoms with Crippen LogP contribution in [0.25, 0.3) is 10.9 Å². The first kappa shape index (κ1) is 17.1. The van der Waals surface area contributed by atoms with Gasteiger partial charge in [0.25, 0.3) is 0 Å². The van der Waals surface area contributed by atoms with Crippen LogP contribution in [0, 0.1) is 5.82 Å². The minimum absolute atomic E-state index is 0.193. The Morgan fingerprint density at radius 2 is 2.19 bits per heavy atom. The first-order valence-corrected chi connectivity index (χ1v) is 9.35. The van der Waals surface area contributed by atoms with Gasteiger partial charge in [0.05, 0.1) is 0 Å². The highest BCUT2D eigenvalue weighted by molar-refractivity contribution is 5.83. The van der Waals surface area contributed by atoms with Gasteiger partial charge in [-0.25, -0.2) is 4.39 Å². The van der Waals surface area contributed by atoms with Crippen molar-refractivity contribution in [3.8, 4) is 0 Å². The van der Waals surface area contributed by atoms with Crippen molar-refractivity contribution in [1.82, 2.24) is 20.1 Å². The average Bonchev–Trinajstić information content (AvgIpc) is 3.39. The summed E-state index contributed by atoms with van der Waals surface area (Å²) in [6, 6.07) is 5.49. The van der Waals surface area contributed by atoms with Crippen molar-refractivity contribution >= 4 is 16.9 Å². The molecule has 1 atom stereocenters. The van der Waals surface area contributed by atoms with Crippen molar-refractivity contribution in [2.45, 2.75) is 18.9 Å². The zero-order valence-electron chi connectivity index (χ0n) is 15.2. The summed E-state index contributed by atoms with van der Waals surface area (Å²) in [5.74, 6) is 0.771. The quantitative estimate of drug-likeness (QED) is 0.503. The molecule has 0 amide bonds. The molecule has 0 bridgehead atoms. The average molecular weight is 355 g/mol. The molecule has 0 saturated carbocycles. The van der Waals surface area contributed by atoms with Gasteiger partial charge in [0.2, 0.25) is 0 Å². The highest BCUT2D eigenvalue weighted by Gasteiger charge is 2.29. The van der Waals surface area contributed by atoms with Crippen LogP contribution in [0.4, 0.5) is 4.39 Å². The highest BCUT2D eigenvalue weighted by atomic mass is 19.1. The molecule has 26 heavy (non-hydrogen) atoms. The van der Waals surface area contributed by atoms with E-state index in [2.05, 4.69) is 37.2 Å². The van der Waals surface area contributed by atoms with Crippen LogP contribution in [0.1, 0.15) is 12.0 Å². The summed E-state index contributed by atoms with van der Waals surface area (Å²) in [5, 5.41) is 4.44. The molecule has 0 radical (unpaired) electrons. The summed E-state index contributed by atoms with van der Waals surface area (Å²) >= 11 is 0. The summed E-state index contributed by atoms with van der Waals surface area (Å²) in [5.41, 5.74) is 2.11. The van der Waals surface area contributed by atoms with Crippen molar-refractivity contribution in [2.24, 2.45) is 4.99 Å². The number of fused-ring (bicyclic) bond motifs is 1. The lowest BCUT2D eigenvalue weighted by molar-refractivity contribution is 0.259. The number of nitrogens with zero attached hydrogens (tertiary/aromatic N) is 3. The third-order valence-corrected chi connectivity index (χ3v) is 5.44. The molecular weight excluding hydrogens is 329 g/mol. The fourth-order valence-corrected chi connectivity index (χ4v) is 4.02. The summed E-state index contributed by atoms with van der Waals surface area (Å²) in [4.78, 5) is 12.5. The Kier molecular flexibility index (Phi) is 4.93. The number of nitrogens with one attached hydrogen (secondary N) is 2. The van der Waals surface area contributed by atoms with Crippen LogP contribution in [-0.2, 0) is 6.42 Å². The van der Waals surface area contributed by atoms with E-state index < -0.39 is 0 Å². The number of halogens is 1. The fourth-order valence-electron chi connectivity index (χ4n) is 4.02. The first-order chi connectivity index (χ1) is 12.7. The highest BCUT2D eigenvalue weighted by Crippen LogP contribution is 2.20. The minimum Gasteiger partial charge on any atom is -0.361 e. The van der Waals surface area contributed by atoms with E-state index >= 15 is 0 Å². The number of aliphatic imine (C=N–C) groups is 1. The molecule has 6 heteroatoms. The van der Waals surface area contributed by atoms with E-state index in [-0.39, 0.29) is 5.82 Å². The van der Waals surface area contributed by atoms with Crippen LogP contribution in [0.3, 0.4) is 0 Å². The number of guanidine groups is 1. The SMILES string of the molecule is CN=C(NCCc1c[nH]c2ccc(F)cc12)N1CCC(N2CC=CC2)C1. The Morgan fingerprint density at radius 3 is 3.00 bits per heavy atom. The fraction of sp³-hybridized carbons (Fsp3) is 0.450. The van der Waals surface area contributed by atoms with Gasteiger partial charge in [-0.1, -0.05) is 12.2 Å². The van der Waals surface area contributed by atoms with Gasteiger partial charge in [-0.3, -0.25) is 9.89 Å². The van der Waals surface area contributed by atoms with Crippen molar-refractivity contribution in [1.29, 1.82) is 0 Å². The second-order valence-electron chi connectivity index (χ2n) is 7.04. The number of likely N-dealkylation sites (tertiary alicyclic amines) is 1. The Bertz CT molecular complexity index is 817. The molecule has 1 fully saturated rings. The summed E-state index contributed by atoms with van der Waals surface area (Å²) in [6.45, 7) is 4.99. The second-order valence-corrected chi connectivity index (χ2v) is 7.04. The van der Waals surface area contributed by atoms with Crippen LogP contribution in [-0.4, -0.2) is 66.6 Å². The maximum Gasteiger partial charge on any atom is 0.193 e.